The third-order valence-electron chi connectivity index (χ3n) is 5.94. The Labute approximate surface area is 183 Å². The van der Waals surface area contributed by atoms with Crippen molar-refractivity contribution >= 4 is 8.07 Å². The van der Waals surface area contributed by atoms with Gasteiger partial charge in [0, 0.05) is 5.54 Å². The van der Waals surface area contributed by atoms with E-state index in [0.29, 0.717) is 5.54 Å². The summed E-state index contributed by atoms with van der Waals surface area (Å²) in [5.41, 5.74) is 6.53. The summed E-state index contributed by atoms with van der Waals surface area (Å²) >= 11 is 0. The Kier molecular flexibility index (Phi) is 7.33. The van der Waals surface area contributed by atoms with Crippen LogP contribution in [0, 0.1) is 0 Å². The maximum atomic E-state index is 2.55. The van der Waals surface area contributed by atoms with E-state index in [1.165, 1.54) is 22.3 Å². The third-order valence-corrected chi connectivity index (χ3v) is 11.1. The summed E-state index contributed by atoms with van der Waals surface area (Å²) in [6, 6.07) is 18.0. The molecule has 0 N–H and O–H groups in total. The number of allylic oxidation sites excluding steroid dienone is 4. The van der Waals surface area contributed by atoms with Gasteiger partial charge in [0.25, 0.3) is 0 Å². The minimum Gasteiger partial charge on any atom is -1.00 e. The van der Waals surface area contributed by atoms with Gasteiger partial charge < -0.3 is 24.8 Å². The van der Waals surface area contributed by atoms with E-state index in [2.05, 4.69) is 92.9 Å². The van der Waals surface area contributed by atoms with Crippen molar-refractivity contribution in [2.75, 3.05) is 0 Å². The first-order valence-electron chi connectivity index (χ1n) is 8.10. The molecule has 0 nitrogen and oxygen atoms in total. The molecule has 0 unspecified atom stereocenters. The van der Waals surface area contributed by atoms with Gasteiger partial charge in [-0.3, -0.25) is 0 Å². The summed E-state index contributed by atoms with van der Waals surface area (Å²) < 4.78 is 0. The average molecular weight is 465 g/mol. The molecule has 0 aromatic heterocycles. The summed E-state index contributed by atoms with van der Waals surface area (Å²) in [6.45, 7) is 7.52. The van der Waals surface area contributed by atoms with E-state index in [1.54, 1.807) is 0 Å². The van der Waals surface area contributed by atoms with Crippen molar-refractivity contribution in [2.45, 2.75) is 30.6 Å². The van der Waals surface area contributed by atoms with Gasteiger partial charge in [0.15, 0.2) is 0 Å². The smallest absolute Gasteiger partial charge is 1.00 e. The van der Waals surface area contributed by atoms with Crippen LogP contribution in [0.15, 0.2) is 72.8 Å². The van der Waals surface area contributed by atoms with Crippen molar-refractivity contribution in [3.63, 3.8) is 0 Å². The Morgan fingerprint density at radius 3 is 1.60 bits per heavy atom. The van der Waals surface area contributed by atoms with Gasteiger partial charge in [0.2, 0.25) is 0 Å². The second-order valence-electron chi connectivity index (χ2n) is 7.33. The molecule has 0 radical (unpaired) electrons. The molecule has 2 aliphatic carbocycles. The van der Waals surface area contributed by atoms with Gasteiger partial charge in [-0.15, -0.1) is 0 Å². The van der Waals surface area contributed by atoms with Gasteiger partial charge in [0.1, 0.15) is 0 Å². The van der Waals surface area contributed by atoms with E-state index in [1.807, 2.05) is 0 Å². The van der Waals surface area contributed by atoms with E-state index in [4.69, 9.17) is 0 Å². The van der Waals surface area contributed by atoms with Crippen LogP contribution < -0.4 is 24.8 Å². The number of hydrogen-bond donors (Lipinski definition) is 0. The molecular weight excluding hydrogens is 442 g/mol. The molecule has 2 aromatic carbocycles. The molecule has 128 valence electrons. The summed E-state index contributed by atoms with van der Waals surface area (Å²) in [4.78, 5) is 0. The SMILES string of the molecule is CC1([Si](C)(C)C2c3ccccc3-c3ccccc32)C=CC=C1.[Cl-].[Cl-].[Zr+2]. The second kappa shape index (κ2) is 8.09. The van der Waals surface area contributed by atoms with Gasteiger partial charge in [0.05, 0.1) is 8.07 Å². The van der Waals surface area contributed by atoms with E-state index in [0.717, 1.165) is 0 Å². The zero-order valence-electron chi connectivity index (χ0n) is 14.8. The van der Waals surface area contributed by atoms with Crippen LogP contribution in [-0.2, 0) is 26.2 Å². The van der Waals surface area contributed by atoms with Crippen LogP contribution in [-0.4, -0.2) is 8.07 Å². The van der Waals surface area contributed by atoms with E-state index >= 15 is 0 Å². The average Bonchev–Trinajstić information content (AvgIpc) is 3.10. The molecule has 0 amide bonds. The fourth-order valence-electron chi connectivity index (χ4n) is 4.24. The molecule has 0 atom stereocenters. The number of halogens is 2. The zero-order valence-corrected chi connectivity index (χ0v) is 19.7. The number of benzene rings is 2. The normalized spacial score (nSPS) is 16.3. The maximum absolute atomic E-state index is 2.55. The molecule has 2 aliphatic rings. The Balaban J connectivity index is 0.00000104. The molecule has 0 spiro atoms. The van der Waals surface area contributed by atoms with Gasteiger partial charge in [-0.2, -0.15) is 0 Å². The molecule has 0 aliphatic heterocycles. The molecule has 4 rings (SSSR count). The Hall–Kier alpha value is -0.400. The monoisotopic (exact) mass is 462 g/mol. The first kappa shape index (κ1) is 22.6. The predicted octanol–water partition coefficient (Wildman–Crippen LogP) is -0.0617. The molecule has 0 fully saturated rings. The van der Waals surface area contributed by atoms with Crippen LogP contribution in [0.4, 0.5) is 0 Å². The van der Waals surface area contributed by atoms with Crippen LogP contribution in [0.3, 0.4) is 0 Å². The van der Waals surface area contributed by atoms with Crippen molar-refractivity contribution < 1.29 is 51.0 Å². The first-order chi connectivity index (χ1) is 10.5. The molecule has 2 aromatic rings. The van der Waals surface area contributed by atoms with Crippen LogP contribution in [0.1, 0.15) is 23.6 Å². The van der Waals surface area contributed by atoms with Gasteiger partial charge >= 0.3 is 26.2 Å². The zero-order chi connectivity index (χ0) is 15.4. The number of fused-ring (bicyclic) bond motifs is 3. The number of hydrogen-bond acceptors (Lipinski definition) is 0. The van der Waals surface area contributed by atoms with Crippen molar-refractivity contribution in [1.82, 2.24) is 0 Å². The summed E-state index contributed by atoms with van der Waals surface area (Å²) in [5.74, 6) is 0. The van der Waals surface area contributed by atoms with Crippen LogP contribution in [0.2, 0.25) is 18.1 Å². The van der Waals surface area contributed by atoms with Crippen molar-refractivity contribution in [3.8, 4) is 11.1 Å². The van der Waals surface area contributed by atoms with Crippen LogP contribution in [0.25, 0.3) is 11.1 Å². The minimum absolute atomic E-state index is 0. The second-order valence-corrected chi connectivity index (χ2v) is 12.4. The summed E-state index contributed by atoms with van der Waals surface area (Å²) in [6.07, 6.45) is 9.29. The Morgan fingerprint density at radius 1 is 0.760 bits per heavy atom. The Morgan fingerprint density at radius 2 is 1.16 bits per heavy atom. The quantitative estimate of drug-likeness (QED) is 0.547. The number of rotatable bonds is 2. The minimum atomic E-state index is -1.64. The molecule has 0 saturated carbocycles. The molecule has 4 heteroatoms. The fraction of sp³-hybridized carbons (Fsp3) is 0.238. The largest absolute Gasteiger partial charge is 2.00 e. The predicted molar refractivity (Wildman–Crippen MR) is 97.9 cm³/mol. The fourth-order valence-corrected chi connectivity index (χ4v) is 7.97. The van der Waals surface area contributed by atoms with E-state index in [9.17, 15) is 0 Å². The molecule has 0 saturated heterocycles. The molecular formula is C21H22Cl2SiZr. The van der Waals surface area contributed by atoms with Crippen LogP contribution >= 0.6 is 0 Å². The van der Waals surface area contributed by atoms with E-state index < -0.39 is 8.07 Å². The van der Waals surface area contributed by atoms with Gasteiger partial charge in [-0.25, -0.2) is 0 Å². The van der Waals surface area contributed by atoms with E-state index in [-0.39, 0.29) is 56.1 Å². The maximum Gasteiger partial charge on any atom is 2.00 e. The molecule has 0 bridgehead atoms. The summed E-state index contributed by atoms with van der Waals surface area (Å²) in [7, 11) is -1.64. The van der Waals surface area contributed by atoms with Crippen molar-refractivity contribution in [3.05, 3.63) is 84.0 Å². The third kappa shape index (κ3) is 3.32. The molecule has 25 heavy (non-hydrogen) atoms. The summed E-state index contributed by atoms with van der Waals surface area (Å²) in [5, 5.41) is 0.224. The van der Waals surface area contributed by atoms with Gasteiger partial charge in [-0.05, 0) is 27.3 Å². The Bertz CT molecular complexity index is 754. The first-order valence-corrected chi connectivity index (χ1v) is 11.2. The topological polar surface area (TPSA) is 0 Å². The van der Waals surface area contributed by atoms with Crippen molar-refractivity contribution in [1.29, 1.82) is 0 Å². The van der Waals surface area contributed by atoms with Crippen LogP contribution in [0.5, 0.6) is 0 Å². The molecule has 0 heterocycles. The van der Waals surface area contributed by atoms with Crippen molar-refractivity contribution in [2.24, 2.45) is 0 Å². The van der Waals surface area contributed by atoms with Gasteiger partial charge in [-0.1, -0.05) is 92.9 Å². The standard InChI is InChI=1S/C21H22Si.2ClH.Zr/c1-21(14-8-9-15-21)22(2,3)20-18-12-6-4-10-16(18)17-11-5-7-13-19(17)20;;;/h4-15,20H,1-3H3;2*1H;/q;;;+2/p-2.